The zero-order chi connectivity index (χ0) is 12.6. The zero-order valence-corrected chi connectivity index (χ0v) is 11.1. The summed E-state index contributed by atoms with van der Waals surface area (Å²) in [5.41, 5.74) is 4.66. The number of ketones is 1. The third kappa shape index (κ3) is 2.06. The van der Waals surface area contributed by atoms with E-state index in [1.54, 1.807) is 0 Å². The average Bonchev–Trinajstić information content (AvgIpc) is 2.33. The molecule has 17 heavy (non-hydrogen) atoms. The van der Waals surface area contributed by atoms with Gasteiger partial charge in [-0.1, -0.05) is 32.1 Å². The van der Waals surface area contributed by atoms with Crippen LogP contribution in [0.25, 0.3) is 5.57 Å². The smallest absolute Gasteiger partial charge is 0.163 e. The standard InChI is InChI=1S/C16H20O/c1-5-11(2)12-6-7-14-13(10-12)15(17)8-9-16(14,3)4/h5-7,10H,8-9H2,1-4H3/b11-5+. The molecule has 2 rings (SSSR count). The van der Waals surface area contributed by atoms with Crippen LogP contribution >= 0.6 is 0 Å². The van der Waals surface area contributed by atoms with Crippen LogP contribution in [-0.4, -0.2) is 5.78 Å². The molecule has 1 aliphatic carbocycles. The summed E-state index contributed by atoms with van der Waals surface area (Å²) in [5.74, 6) is 0.296. The molecule has 0 heterocycles. The van der Waals surface area contributed by atoms with Crippen LogP contribution in [0.2, 0.25) is 0 Å². The largest absolute Gasteiger partial charge is 0.294 e. The van der Waals surface area contributed by atoms with Gasteiger partial charge in [0.15, 0.2) is 5.78 Å². The van der Waals surface area contributed by atoms with Crippen molar-refractivity contribution in [1.29, 1.82) is 0 Å². The van der Waals surface area contributed by atoms with E-state index in [2.05, 4.69) is 45.0 Å². The number of carbonyl (C=O) groups is 1. The maximum Gasteiger partial charge on any atom is 0.163 e. The average molecular weight is 228 g/mol. The van der Waals surface area contributed by atoms with Gasteiger partial charge in [-0.3, -0.25) is 4.79 Å². The quantitative estimate of drug-likeness (QED) is 0.697. The van der Waals surface area contributed by atoms with Crippen molar-refractivity contribution >= 4 is 11.4 Å². The van der Waals surface area contributed by atoms with Crippen molar-refractivity contribution in [2.75, 3.05) is 0 Å². The molecule has 1 aromatic rings. The van der Waals surface area contributed by atoms with Crippen LogP contribution in [0, 0.1) is 0 Å². The van der Waals surface area contributed by atoms with Crippen molar-refractivity contribution < 1.29 is 4.79 Å². The minimum Gasteiger partial charge on any atom is -0.294 e. The predicted octanol–water partition coefficient (Wildman–Crippen LogP) is 4.36. The highest BCUT2D eigenvalue weighted by atomic mass is 16.1. The summed E-state index contributed by atoms with van der Waals surface area (Å²) in [4.78, 5) is 12.0. The van der Waals surface area contributed by atoms with Crippen molar-refractivity contribution in [3.05, 3.63) is 41.0 Å². The molecule has 0 aliphatic heterocycles. The zero-order valence-electron chi connectivity index (χ0n) is 11.1. The van der Waals surface area contributed by atoms with Gasteiger partial charge in [0.2, 0.25) is 0 Å². The number of rotatable bonds is 1. The van der Waals surface area contributed by atoms with Crippen LogP contribution in [0.1, 0.15) is 62.0 Å². The summed E-state index contributed by atoms with van der Waals surface area (Å²) >= 11 is 0. The summed E-state index contributed by atoms with van der Waals surface area (Å²) in [7, 11) is 0. The van der Waals surface area contributed by atoms with E-state index in [-0.39, 0.29) is 5.41 Å². The normalized spacial score (nSPS) is 19.1. The third-order valence-corrected chi connectivity index (χ3v) is 3.91. The fourth-order valence-electron chi connectivity index (χ4n) is 2.47. The van der Waals surface area contributed by atoms with Crippen molar-refractivity contribution in [2.45, 2.75) is 46.0 Å². The van der Waals surface area contributed by atoms with Gasteiger partial charge in [-0.25, -0.2) is 0 Å². The van der Waals surface area contributed by atoms with E-state index in [4.69, 9.17) is 0 Å². The Morgan fingerprint density at radius 3 is 2.71 bits per heavy atom. The van der Waals surface area contributed by atoms with Crippen LogP contribution in [0.3, 0.4) is 0 Å². The van der Waals surface area contributed by atoms with Gasteiger partial charge in [0, 0.05) is 12.0 Å². The van der Waals surface area contributed by atoms with Crippen molar-refractivity contribution in [3.63, 3.8) is 0 Å². The molecule has 1 aliphatic rings. The summed E-state index contributed by atoms with van der Waals surface area (Å²) < 4.78 is 0. The molecule has 90 valence electrons. The minimum absolute atomic E-state index is 0.131. The fraction of sp³-hybridized carbons (Fsp3) is 0.438. The first kappa shape index (κ1) is 12.1. The van der Waals surface area contributed by atoms with Gasteiger partial charge in [0.1, 0.15) is 0 Å². The molecule has 0 bridgehead atoms. The van der Waals surface area contributed by atoms with Gasteiger partial charge in [-0.2, -0.15) is 0 Å². The second-order valence-electron chi connectivity index (χ2n) is 5.54. The monoisotopic (exact) mass is 228 g/mol. The van der Waals surface area contributed by atoms with Gasteiger partial charge in [0.25, 0.3) is 0 Å². The van der Waals surface area contributed by atoms with Crippen LogP contribution < -0.4 is 0 Å². The van der Waals surface area contributed by atoms with E-state index < -0.39 is 0 Å². The predicted molar refractivity (Wildman–Crippen MR) is 72.4 cm³/mol. The number of fused-ring (bicyclic) bond motifs is 1. The summed E-state index contributed by atoms with van der Waals surface area (Å²) in [6.45, 7) is 8.56. The molecule has 1 heteroatoms. The molecule has 0 saturated heterocycles. The lowest BCUT2D eigenvalue weighted by Gasteiger charge is -2.32. The highest BCUT2D eigenvalue weighted by molar-refractivity contribution is 5.99. The summed E-state index contributed by atoms with van der Waals surface area (Å²) in [5, 5.41) is 0. The molecule has 0 N–H and O–H groups in total. The first-order valence-corrected chi connectivity index (χ1v) is 6.27. The molecular weight excluding hydrogens is 208 g/mol. The molecule has 0 atom stereocenters. The van der Waals surface area contributed by atoms with Crippen molar-refractivity contribution in [3.8, 4) is 0 Å². The second kappa shape index (κ2) is 4.14. The Hall–Kier alpha value is -1.37. The number of hydrogen-bond donors (Lipinski definition) is 0. The van der Waals surface area contributed by atoms with E-state index in [0.29, 0.717) is 12.2 Å². The maximum atomic E-state index is 12.0. The summed E-state index contributed by atoms with van der Waals surface area (Å²) in [6.07, 6.45) is 3.72. The molecule has 0 spiro atoms. The minimum atomic E-state index is 0.131. The van der Waals surface area contributed by atoms with E-state index >= 15 is 0 Å². The Kier molecular flexibility index (Phi) is 2.94. The molecule has 1 aromatic carbocycles. The van der Waals surface area contributed by atoms with E-state index in [1.165, 1.54) is 11.1 Å². The molecule has 0 radical (unpaired) electrons. The lowest BCUT2D eigenvalue weighted by Crippen LogP contribution is -2.27. The SMILES string of the molecule is C/C=C(\C)c1ccc2c(c1)C(=O)CCC2(C)C. The number of allylic oxidation sites excluding steroid dienone is 2. The van der Waals surface area contributed by atoms with Gasteiger partial charge in [-0.15, -0.1) is 0 Å². The van der Waals surface area contributed by atoms with E-state index in [0.717, 1.165) is 17.5 Å². The molecule has 0 amide bonds. The second-order valence-corrected chi connectivity index (χ2v) is 5.54. The molecule has 0 unspecified atom stereocenters. The maximum absolute atomic E-state index is 12.0. The van der Waals surface area contributed by atoms with E-state index in [1.807, 2.05) is 6.92 Å². The number of hydrogen-bond acceptors (Lipinski definition) is 1. The Morgan fingerprint density at radius 2 is 2.06 bits per heavy atom. The molecule has 1 nitrogen and oxygen atoms in total. The Balaban J connectivity index is 2.58. The van der Waals surface area contributed by atoms with Crippen LogP contribution in [-0.2, 0) is 5.41 Å². The van der Waals surface area contributed by atoms with Crippen LogP contribution in [0.5, 0.6) is 0 Å². The first-order chi connectivity index (χ1) is 7.95. The third-order valence-electron chi connectivity index (χ3n) is 3.91. The highest BCUT2D eigenvalue weighted by Gasteiger charge is 2.31. The van der Waals surface area contributed by atoms with Gasteiger partial charge >= 0.3 is 0 Å². The molecule has 0 fully saturated rings. The van der Waals surface area contributed by atoms with Gasteiger partial charge in [-0.05, 0) is 48.4 Å². The van der Waals surface area contributed by atoms with Crippen molar-refractivity contribution in [1.82, 2.24) is 0 Å². The molecular formula is C16H20O. The highest BCUT2D eigenvalue weighted by Crippen LogP contribution is 2.37. The topological polar surface area (TPSA) is 17.1 Å². The molecule has 0 aromatic heterocycles. The Bertz CT molecular complexity index is 492. The molecule has 0 saturated carbocycles. The lowest BCUT2D eigenvalue weighted by atomic mass is 9.72. The van der Waals surface area contributed by atoms with Gasteiger partial charge in [0.05, 0.1) is 0 Å². The van der Waals surface area contributed by atoms with Crippen LogP contribution in [0.15, 0.2) is 24.3 Å². The van der Waals surface area contributed by atoms with Gasteiger partial charge < -0.3 is 0 Å². The Labute approximate surface area is 104 Å². The lowest BCUT2D eigenvalue weighted by molar-refractivity contribution is 0.0956. The van der Waals surface area contributed by atoms with Crippen molar-refractivity contribution in [2.24, 2.45) is 0 Å². The summed E-state index contributed by atoms with van der Waals surface area (Å²) in [6, 6.07) is 6.33. The van der Waals surface area contributed by atoms with Crippen LogP contribution in [0.4, 0.5) is 0 Å². The van der Waals surface area contributed by atoms with E-state index in [9.17, 15) is 4.79 Å². The number of carbonyl (C=O) groups excluding carboxylic acids is 1. The number of benzene rings is 1. The first-order valence-electron chi connectivity index (χ1n) is 6.27. The Morgan fingerprint density at radius 1 is 1.35 bits per heavy atom. The number of Topliss-reactive ketones (excluding diaryl/α,β-unsaturated/α-hetero) is 1. The fourth-order valence-corrected chi connectivity index (χ4v) is 2.47.